The fourth-order valence-electron chi connectivity index (χ4n) is 1.49. The Kier molecular flexibility index (Phi) is 3.95. The lowest BCUT2D eigenvalue weighted by atomic mass is 10.4. The fraction of sp³-hybridized carbons (Fsp3) is 0.400. The zero-order valence-corrected chi connectivity index (χ0v) is 13.0. The normalized spacial score (nSPS) is 13.7. The lowest BCUT2D eigenvalue weighted by Crippen LogP contribution is -2.27. The molecule has 2 heterocycles. The number of rotatable bonds is 4. The molecule has 6 nitrogen and oxygen atoms in total. The Morgan fingerprint density at radius 1 is 1.47 bits per heavy atom. The molecule has 1 unspecified atom stereocenters. The lowest BCUT2D eigenvalue weighted by molar-refractivity contribution is 0.563. The van der Waals surface area contributed by atoms with Crippen molar-refractivity contribution < 1.29 is 8.42 Å². The van der Waals surface area contributed by atoms with E-state index >= 15 is 0 Å². The van der Waals surface area contributed by atoms with Crippen LogP contribution in [0.15, 0.2) is 17.6 Å². The number of sulfonamides is 1. The number of hydrogen-bond acceptors (Lipinski definition) is 5. The minimum Gasteiger partial charge on any atom is -0.324 e. The summed E-state index contributed by atoms with van der Waals surface area (Å²) in [7, 11) is -2.13. The average Bonchev–Trinajstić information content (AvgIpc) is 2.87. The Hall–Kier alpha value is -0.960. The van der Waals surface area contributed by atoms with E-state index < -0.39 is 16.1 Å². The number of hydrogen-bond donors (Lipinski definition) is 1. The molecular weight excluding hydrogens is 308 g/mol. The van der Waals surface area contributed by atoms with Gasteiger partial charge in [0.05, 0.1) is 12.4 Å². The molecule has 104 valence electrons. The first-order chi connectivity index (χ1) is 8.81. The van der Waals surface area contributed by atoms with E-state index in [9.17, 15) is 8.42 Å². The van der Waals surface area contributed by atoms with Gasteiger partial charge in [-0.15, -0.1) is 11.3 Å². The molecule has 9 heteroatoms. The van der Waals surface area contributed by atoms with Gasteiger partial charge in [-0.3, -0.25) is 0 Å². The monoisotopic (exact) mass is 320 g/mol. The van der Waals surface area contributed by atoms with Gasteiger partial charge in [-0.2, -0.15) is 0 Å². The molecule has 0 aliphatic carbocycles. The highest BCUT2D eigenvalue weighted by atomic mass is 35.5. The zero-order chi connectivity index (χ0) is 14.2. The SMILES string of the molecule is Cc1cnc(C(C)NS(=O)(=O)c2ncn(C)c2Cl)s1. The summed E-state index contributed by atoms with van der Waals surface area (Å²) in [4.78, 5) is 8.98. The van der Waals surface area contributed by atoms with Gasteiger partial charge in [-0.25, -0.2) is 23.1 Å². The van der Waals surface area contributed by atoms with Crippen LogP contribution in [0.4, 0.5) is 0 Å². The molecule has 0 aromatic carbocycles. The first kappa shape index (κ1) is 14.4. The van der Waals surface area contributed by atoms with Crippen molar-refractivity contribution in [2.24, 2.45) is 7.05 Å². The second-order valence-corrected chi connectivity index (χ2v) is 7.36. The van der Waals surface area contributed by atoms with Crippen LogP contribution in [0.2, 0.25) is 5.15 Å². The topological polar surface area (TPSA) is 76.9 Å². The van der Waals surface area contributed by atoms with E-state index in [0.717, 1.165) is 4.88 Å². The second kappa shape index (κ2) is 5.20. The van der Waals surface area contributed by atoms with E-state index in [1.807, 2.05) is 6.92 Å². The van der Waals surface area contributed by atoms with Gasteiger partial charge in [0.1, 0.15) is 10.2 Å². The molecule has 2 aromatic rings. The molecule has 2 aromatic heterocycles. The molecule has 19 heavy (non-hydrogen) atoms. The lowest BCUT2D eigenvalue weighted by Gasteiger charge is -2.10. The van der Waals surface area contributed by atoms with Gasteiger partial charge < -0.3 is 4.57 Å². The van der Waals surface area contributed by atoms with Crippen molar-refractivity contribution in [2.75, 3.05) is 0 Å². The van der Waals surface area contributed by atoms with Crippen LogP contribution in [0.25, 0.3) is 0 Å². The summed E-state index contributed by atoms with van der Waals surface area (Å²) < 4.78 is 28.3. The zero-order valence-electron chi connectivity index (χ0n) is 10.6. The van der Waals surface area contributed by atoms with Crippen LogP contribution in [0, 0.1) is 6.92 Å². The molecule has 0 aliphatic heterocycles. The summed E-state index contributed by atoms with van der Waals surface area (Å²) in [6.45, 7) is 3.64. The molecular formula is C10H13ClN4O2S2. The fourth-order valence-corrected chi connectivity index (χ4v) is 3.97. The van der Waals surface area contributed by atoms with E-state index in [-0.39, 0.29) is 10.2 Å². The highest BCUT2D eigenvalue weighted by Gasteiger charge is 2.25. The number of thiazole rings is 1. The second-order valence-electron chi connectivity index (χ2n) is 4.10. The van der Waals surface area contributed by atoms with Crippen molar-refractivity contribution in [1.82, 2.24) is 19.3 Å². The van der Waals surface area contributed by atoms with E-state index in [2.05, 4.69) is 14.7 Å². The van der Waals surface area contributed by atoms with E-state index in [0.29, 0.717) is 5.01 Å². The maximum atomic E-state index is 12.2. The van der Waals surface area contributed by atoms with Crippen LogP contribution < -0.4 is 4.72 Å². The minimum absolute atomic E-state index is 0.0787. The molecule has 1 N–H and O–H groups in total. The number of halogens is 1. The van der Waals surface area contributed by atoms with Crippen molar-refractivity contribution in [3.63, 3.8) is 0 Å². The molecule has 0 saturated carbocycles. The number of imidazole rings is 1. The molecule has 0 spiro atoms. The van der Waals surface area contributed by atoms with Crippen molar-refractivity contribution >= 4 is 33.0 Å². The third-order valence-electron chi connectivity index (χ3n) is 2.43. The van der Waals surface area contributed by atoms with Crippen LogP contribution in [-0.2, 0) is 17.1 Å². The summed E-state index contributed by atoms with van der Waals surface area (Å²) >= 11 is 7.34. The van der Waals surface area contributed by atoms with Gasteiger partial charge in [0.25, 0.3) is 10.0 Å². The smallest absolute Gasteiger partial charge is 0.261 e. The van der Waals surface area contributed by atoms with Gasteiger partial charge in [0, 0.05) is 18.1 Å². The summed E-state index contributed by atoms with van der Waals surface area (Å²) in [6.07, 6.45) is 3.06. The quantitative estimate of drug-likeness (QED) is 0.933. The molecule has 0 bridgehead atoms. The summed E-state index contributed by atoms with van der Waals surface area (Å²) in [5.74, 6) is 0. The Bertz CT molecular complexity index is 692. The molecule has 0 aliphatic rings. The third-order valence-corrected chi connectivity index (χ3v) is 5.56. The summed E-state index contributed by atoms with van der Waals surface area (Å²) in [5, 5.41) is 0.611. The number of aryl methyl sites for hydroxylation is 2. The molecule has 0 radical (unpaired) electrons. The first-order valence-electron chi connectivity index (χ1n) is 5.42. The molecule has 0 amide bonds. The highest BCUT2D eigenvalue weighted by molar-refractivity contribution is 7.89. The number of nitrogens with one attached hydrogen (secondary N) is 1. The van der Waals surface area contributed by atoms with Crippen LogP contribution in [0.3, 0.4) is 0 Å². The predicted molar refractivity (Wildman–Crippen MR) is 73.8 cm³/mol. The van der Waals surface area contributed by atoms with Crippen LogP contribution in [0.5, 0.6) is 0 Å². The van der Waals surface area contributed by atoms with E-state index in [4.69, 9.17) is 11.6 Å². The Labute approximate surface area is 120 Å². The van der Waals surface area contributed by atoms with Crippen molar-refractivity contribution in [3.8, 4) is 0 Å². The van der Waals surface area contributed by atoms with Crippen molar-refractivity contribution in [2.45, 2.75) is 24.9 Å². The van der Waals surface area contributed by atoms with Crippen molar-refractivity contribution in [3.05, 3.63) is 27.6 Å². The van der Waals surface area contributed by atoms with Gasteiger partial charge >= 0.3 is 0 Å². The van der Waals surface area contributed by atoms with Gasteiger partial charge in [-0.05, 0) is 13.8 Å². The van der Waals surface area contributed by atoms with Gasteiger partial charge in [-0.1, -0.05) is 11.6 Å². The van der Waals surface area contributed by atoms with Crippen LogP contribution in [-0.4, -0.2) is 23.0 Å². The van der Waals surface area contributed by atoms with Crippen LogP contribution >= 0.6 is 22.9 Å². The Morgan fingerprint density at radius 3 is 2.63 bits per heavy atom. The van der Waals surface area contributed by atoms with Gasteiger partial charge in [0.15, 0.2) is 0 Å². The van der Waals surface area contributed by atoms with Crippen molar-refractivity contribution in [1.29, 1.82) is 0 Å². The molecule has 0 fully saturated rings. The largest absolute Gasteiger partial charge is 0.324 e. The predicted octanol–water partition coefficient (Wildman–Crippen LogP) is 1.88. The average molecular weight is 321 g/mol. The first-order valence-corrected chi connectivity index (χ1v) is 8.10. The summed E-state index contributed by atoms with van der Waals surface area (Å²) in [5.41, 5.74) is 0. The standard InChI is InChI=1S/C10H13ClN4O2S2/c1-6-4-12-9(18-6)7(2)14-19(16,17)10-8(11)15(3)5-13-10/h4-5,7,14H,1-3H3. The number of nitrogens with zero attached hydrogens (tertiary/aromatic N) is 3. The molecule has 1 atom stereocenters. The Balaban J connectivity index is 2.25. The maximum absolute atomic E-state index is 12.2. The third kappa shape index (κ3) is 2.97. The van der Waals surface area contributed by atoms with Gasteiger partial charge in [0.2, 0.25) is 5.03 Å². The summed E-state index contributed by atoms with van der Waals surface area (Å²) in [6, 6.07) is -0.429. The van der Waals surface area contributed by atoms with E-state index in [1.165, 1.54) is 22.2 Å². The van der Waals surface area contributed by atoms with E-state index in [1.54, 1.807) is 20.2 Å². The van der Waals surface area contributed by atoms with Crippen LogP contribution in [0.1, 0.15) is 22.9 Å². The number of aromatic nitrogens is 3. The maximum Gasteiger partial charge on any atom is 0.261 e. The molecule has 0 saturated heterocycles. The minimum atomic E-state index is -3.76. The molecule has 2 rings (SSSR count). The highest BCUT2D eigenvalue weighted by Crippen LogP contribution is 2.23. The Morgan fingerprint density at radius 2 is 2.16 bits per heavy atom.